The van der Waals surface area contributed by atoms with Crippen LogP contribution in [0.1, 0.15) is 200 Å². The molecule has 0 rings (SSSR count). The molecule has 340 valence electrons. The van der Waals surface area contributed by atoms with Crippen molar-refractivity contribution in [2.75, 3.05) is 54.1 Å². The minimum atomic E-state index is -4.28. The molecule has 58 heavy (non-hydrogen) atoms. The monoisotopic (exact) mass is 839 g/mol. The van der Waals surface area contributed by atoms with E-state index in [9.17, 15) is 14.3 Å². The first-order valence-electron chi connectivity index (χ1n) is 23.9. The largest absolute Gasteiger partial charge is 0.472 e. The van der Waals surface area contributed by atoms with Crippen molar-refractivity contribution in [1.82, 2.24) is 0 Å². The molecule has 0 fully saturated rings. The maximum absolute atomic E-state index is 12.7. The van der Waals surface area contributed by atoms with Gasteiger partial charge >= 0.3 is 13.8 Å². The SMILES string of the molecule is CCCC/C=C\C/C=C\CCCCCCCC(=O)OC(COCCCCCCCCCCCC/C=C\C/C=C\CCCCCCC)COP(=O)(O)OCC[N+](C)(C)C. The molecule has 0 aromatic rings. The highest BCUT2D eigenvalue weighted by Crippen LogP contribution is 2.43. The summed E-state index contributed by atoms with van der Waals surface area (Å²) in [6.45, 7) is 5.55. The molecule has 8 nitrogen and oxygen atoms in total. The zero-order valence-electron chi connectivity index (χ0n) is 38.5. The molecule has 0 aromatic carbocycles. The van der Waals surface area contributed by atoms with E-state index < -0.39 is 13.9 Å². The van der Waals surface area contributed by atoms with Gasteiger partial charge in [-0.25, -0.2) is 4.57 Å². The lowest BCUT2D eigenvalue weighted by atomic mass is 10.1. The normalized spacial score (nSPS) is 14.1. The second-order valence-corrected chi connectivity index (χ2v) is 18.6. The van der Waals surface area contributed by atoms with Crippen LogP contribution in [0.3, 0.4) is 0 Å². The molecule has 0 heterocycles. The molecular weight excluding hydrogens is 746 g/mol. The summed E-state index contributed by atoms with van der Waals surface area (Å²) in [6.07, 6.45) is 51.5. The molecular formula is C49H93NO7P+. The van der Waals surface area contributed by atoms with Crippen molar-refractivity contribution in [2.45, 2.75) is 206 Å². The number of ether oxygens (including phenoxy) is 2. The number of phosphoric acid groups is 1. The van der Waals surface area contributed by atoms with Crippen LogP contribution in [-0.4, -0.2) is 75.6 Å². The van der Waals surface area contributed by atoms with Crippen molar-refractivity contribution < 1.29 is 37.3 Å². The van der Waals surface area contributed by atoms with Crippen molar-refractivity contribution in [1.29, 1.82) is 0 Å². The average Bonchev–Trinajstić information content (AvgIpc) is 3.18. The van der Waals surface area contributed by atoms with Gasteiger partial charge in [-0.1, -0.05) is 172 Å². The zero-order chi connectivity index (χ0) is 42.7. The van der Waals surface area contributed by atoms with Crippen LogP contribution in [0.2, 0.25) is 0 Å². The first kappa shape index (κ1) is 56.5. The lowest BCUT2D eigenvalue weighted by Gasteiger charge is -2.24. The number of rotatable bonds is 44. The quantitative estimate of drug-likeness (QED) is 0.0215. The van der Waals surface area contributed by atoms with Gasteiger partial charge < -0.3 is 18.9 Å². The molecule has 0 saturated carbocycles. The zero-order valence-corrected chi connectivity index (χ0v) is 39.4. The third-order valence-electron chi connectivity index (χ3n) is 10.1. The molecule has 2 atom stereocenters. The summed E-state index contributed by atoms with van der Waals surface area (Å²) in [7, 11) is 1.65. The summed E-state index contributed by atoms with van der Waals surface area (Å²) in [5, 5.41) is 0. The van der Waals surface area contributed by atoms with E-state index in [4.69, 9.17) is 18.5 Å². The van der Waals surface area contributed by atoms with Crippen LogP contribution >= 0.6 is 7.82 Å². The number of carbonyl (C=O) groups is 1. The average molecular weight is 839 g/mol. The fourth-order valence-electron chi connectivity index (χ4n) is 6.36. The number of unbranched alkanes of at least 4 members (excludes halogenated alkanes) is 22. The Labute approximate surface area is 358 Å². The Morgan fingerprint density at radius 2 is 0.966 bits per heavy atom. The third-order valence-corrected chi connectivity index (χ3v) is 11.1. The van der Waals surface area contributed by atoms with Crippen molar-refractivity contribution in [2.24, 2.45) is 0 Å². The smallest absolute Gasteiger partial charge is 0.457 e. The highest BCUT2D eigenvalue weighted by atomic mass is 31.2. The van der Waals surface area contributed by atoms with E-state index in [1.165, 1.54) is 116 Å². The van der Waals surface area contributed by atoms with Crippen LogP contribution in [-0.2, 0) is 27.9 Å². The Morgan fingerprint density at radius 3 is 1.45 bits per heavy atom. The summed E-state index contributed by atoms with van der Waals surface area (Å²) in [4.78, 5) is 22.9. The Balaban J connectivity index is 4.17. The number of esters is 1. The highest BCUT2D eigenvalue weighted by Gasteiger charge is 2.26. The fourth-order valence-corrected chi connectivity index (χ4v) is 7.11. The number of carbonyl (C=O) groups excluding carboxylic acids is 1. The molecule has 0 radical (unpaired) electrons. The molecule has 0 spiro atoms. The van der Waals surface area contributed by atoms with Crippen molar-refractivity contribution in [3.05, 3.63) is 48.6 Å². The van der Waals surface area contributed by atoms with Gasteiger partial charge in [-0.2, -0.15) is 0 Å². The molecule has 0 bridgehead atoms. The van der Waals surface area contributed by atoms with Crippen LogP contribution in [0.4, 0.5) is 0 Å². The number of quaternary nitrogens is 1. The van der Waals surface area contributed by atoms with Crippen LogP contribution < -0.4 is 0 Å². The molecule has 0 aliphatic carbocycles. The van der Waals surface area contributed by atoms with Gasteiger partial charge in [-0.05, 0) is 70.6 Å². The maximum Gasteiger partial charge on any atom is 0.472 e. The Hall–Kier alpha value is -1.54. The minimum Gasteiger partial charge on any atom is -0.457 e. The van der Waals surface area contributed by atoms with Gasteiger partial charge in [0.25, 0.3) is 0 Å². The van der Waals surface area contributed by atoms with Crippen molar-refractivity contribution in [3.63, 3.8) is 0 Å². The van der Waals surface area contributed by atoms with E-state index >= 15 is 0 Å². The summed E-state index contributed by atoms with van der Waals surface area (Å²) in [5.74, 6) is -0.329. The molecule has 1 N–H and O–H groups in total. The van der Waals surface area contributed by atoms with Gasteiger partial charge in [0.05, 0.1) is 34.4 Å². The third kappa shape index (κ3) is 45.5. The first-order valence-corrected chi connectivity index (χ1v) is 25.4. The minimum absolute atomic E-state index is 0.0840. The van der Waals surface area contributed by atoms with Gasteiger partial charge in [0, 0.05) is 13.0 Å². The molecule has 0 saturated heterocycles. The van der Waals surface area contributed by atoms with Crippen LogP contribution in [0.5, 0.6) is 0 Å². The van der Waals surface area contributed by atoms with Crippen LogP contribution in [0, 0.1) is 0 Å². The van der Waals surface area contributed by atoms with E-state index in [0.717, 1.165) is 64.2 Å². The second kappa shape index (κ2) is 42.2. The molecule has 0 aliphatic heterocycles. The summed E-state index contributed by atoms with van der Waals surface area (Å²) in [5.41, 5.74) is 0. The number of nitrogens with zero attached hydrogens (tertiary/aromatic N) is 1. The standard InChI is InChI=1S/C49H92NO7P/c1-6-8-10-12-14-16-18-20-22-23-24-25-26-27-28-29-31-33-35-37-39-41-44-54-46-48(47-56-58(52,53)55-45-43-50(3,4)5)57-49(51)42-40-38-36-34-32-30-21-19-17-15-13-11-9-7-2/h13,15,18-21,23-24,48H,6-12,14,16-17,22,25-47H2,1-5H3/p+1/b15-13-,20-18-,21-19-,24-23-. The summed E-state index contributed by atoms with van der Waals surface area (Å²) in [6, 6.07) is 0. The number of hydrogen-bond donors (Lipinski definition) is 1. The van der Waals surface area contributed by atoms with E-state index in [-0.39, 0.29) is 25.8 Å². The summed E-state index contributed by atoms with van der Waals surface area (Å²) >= 11 is 0. The Morgan fingerprint density at radius 1 is 0.534 bits per heavy atom. The van der Waals surface area contributed by atoms with Gasteiger partial charge in [-0.3, -0.25) is 13.8 Å². The maximum atomic E-state index is 12.7. The highest BCUT2D eigenvalue weighted by molar-refractivity contribution is 7.47. The lowest BCUT2D eigenvalue weighted by Crippen LogP contribution is -2.37. The Bertz CT molecular complexity index is 1070. The van der Waals surface area contributed by atoms with Crippen LogP contribution in [0.25, 0.3) is 0 Å². The predicted molar refractivity (Wildman–Crippen MR) is 247 cm³/mol. The van der Waals surface area contributed by atoms with Crippen molar-refractivity contribution in [3.8, 4) is 0 Å². The summed E-state index contributed by atoms with van der Waals surface area (Å²) < 4.78 is 35.0. The van der Waals surface area contributed by atoms with Gasteiger partial charge in [0.2, 0.25) is 0 Å². The van der Waals surface area contributed by atoms with E-state index in [1.54, 1.807) is 0 Å². The molecule has 0 amide bonds. The second-order valence-electron chi connectivity index (χ2n) is 17.1. The Kier molecular flexibility index (Phi) is 41.0. The van der Waals surface area contributed by atoms with Gasteiger partial charge in [0.15, 0.2) is 0 Å². The number of allylic oxidation sites excluding steroid dienone is 8. The first-order chi connectivity index (χ1) is 28.1. The van der Waals surface area contributed by atoms with E-state index in [1.807, 2.05) is 21.1 Å². The molecule has 9 heteroatoms. The topological polar surface area (TPSA) is 91.3 Å². The lowest BCUT2D eigenvalue weighted by molar-refractivity contribution is -0.870. The molecule has 0 aliphatic rings. The van der Waals surface area contributed by atoms with Gasteiger partial charge in [0.1, 0.15) is 19.3 Å². The van der Waals surface area contributed by atoms with Crippen molar-refractivity contribution >= 4 is 13.8 Å². The predicted octanol–water partition coefficient (Wildman–Crippen LogP) is 14.3. The van der Waals surface area contributed by atoms with Gasteiger partial charge in [-0.15, -0.1) is 0 Å². The van der Waals surface area contributed by atoms with E-state index in [2.05, 4.69) is 62.5 Å². The number of hydrogen-bond acceptors (Lipinski definition) is 6. The van der Waals surface area contributed by atoms with E-state index in [0.29, 0.717) is 24.1 Å². The number of phosphoric ester groups is 1. The van der Waals surface area contributed by atoms with Crippen LogP contribution in [0.15, 0.2) is 48.6 Å². The molecule has 0 aromatic heterocycles. The fraction of sp³-hybridized carbons (Fsp3) is 0.816. The number of likely N-dealkylation sites (N-methyl/N-ethyl adjacent to an activating group) is 1. The molecule has 2 unspecified atom stereocenters.